The SMILES string of the molecule is Cc1noc(C(Cc2ccc3ccccc3c2)N(C)C(=O)C(Cc2ccc3ccccc3c2)NC(=O)C2CCN(C(=O)OC(C)(C)C)C(C)C2)n1. The molecule has 4 aromatic carbocycles. The van der Waals surface area contributed by atoms with Gasteiger partial charge in [0.25, 0.3) is 0 Å². The van der Waals surface area contributed by atoms with Crippen molar-refractivity contribution in [3.05, 3.63) is 108 Å². The molecule has 0 spiro atoms. The van der Waals surface area contributed by atoms with Gasteiger partial charge in [0, 0.05) is 38.4 Å². The summed E-state index contributed by atoms with van der Waals surface area (Å²) in [6.45, 7) is 9.59. The van der Waals surface area contributed by atoms with Gasteiger partial charge in [-0.3, -0.25) is 9.59 Å². The van der Waals surface area contributed by atoms with Gasteiger partial charge in [0.1, 0.15) is 17.7 Å². The Balaban J connectivity index is 1.26. The van der Waals surface area contributed by atoms with Crippen molar-refractivity contribution in [1.82, 2.24) is 25.3 Å². The van der Waals surface area contributed by atoms with Crippen LogP contribution in [0.3, 0.4) is 0 Å². The minimum absolute atomic E-state index is 0.200. The van der Waals surface area contributed by atoms with Gasteiger partial charge in [-0.15, -0.1) is 0 Å². The van der Waals surface area contributed by atoms with Crippen LogP contribution in [0.4, 0.5) is 4.79 Å². The number of carbonyl (C=O) groups excluding carboxylic acids is 3. The van der Waals surface area contributed by atoms with E-state index in [4.69, 9.17) is 9.26 Å². The second kappa shape index (κ2) is 14.9. The summed E-state index contributed by atoms with van der Waals surface area (Å²) in [6.07, 6.45) is 1.27. The third-order valence-corrected chi connectivity index (χ3v) is 9.63. The van der Waals surface area contributed by atoms with Crippen LogP contribution in [-0.2, 0) is 27.2 Å². The molecule has 1 fully saturated rings. The van der Waals surface area contributed by atoms with E-state index in [2.05, 4.69) is 51.9 Å². The smallest absolute Gasteiger partial charge is 0.410 e. The van der Waals surface area contributed by atoms with Gasteiger partial charge in [0.05, 0.1) is 0 Å². The van der Waals surface area contributed by atoms with Gasteiger partial charge >= 0.3 is 6.09 Å². The fourth-order valence-corrected chi connectivity index (χ4v) is 6.92. The van der Waals surface area contributed by atoms with Gasteiger partial charge in [-0.2, -0.15) is 4.98 Å². The standard InChI is InChI=1S/C41H47N5O5/c1-26-21-34(19-20-46(26)40(49)50-41(3,4)5)37(47)43-35(24-28-15-17-30-11-7-9-13-32(30)22-28)39(48)45(6)36(38-42-27(2)44-51-38)25-29-16-18-31-12-8-10-14-33(31)23-29/h7-18,22-23,26,34-36H,19-21,24-25H2,1-6H3,(H,43,47). The molecule has 1 aromatic heterocycles. The number of likely N-dealkylation sites (N-methyl/N-ethyl adjacent to an activating group) is 1. The average molecular weight is 690 g/mol. The number of benzene rings is 4. The lowest BCUT2D eigenvalue weighted by atomic mass is 9.90. The van der Waals surface area contributed by atoms with Crippen molar-refractivity contribution in [1.29, 1.82) is 0 Å². The summed E-state index contributed by atoms with van der Waals surface area (Å²) >= 11 is 0. The first-order valence-electron chi connectivity index (χ1n) is 17.7. The zero-order valence-electron chi connectivity index (χ0n) is 30.3. The van der Waals surface area contributed by atoms with Gasteiger partial charge in [-0.25, -0.2) is 4.79 Å². The summed E-state index contributed by atoms with van der Waals surface area (Å²) in [5.41, 5.74) is 1.32. The lowest BCUT2D eigenvalue weighted by molar-refractivity contribution is -0.139. The molecule has 1 aliphatic rings. The lowest BCUT2D eigenvalue weighted by Gasteiger charge is -2.38. The number of likely N-dealkylation sites (tertiary alicyclic amines) is 1. The highest BCUT2D eigenvalue weighted by molar-refractivity contribution is 5.90. The molecule has 1 aliphatic heterocycles. The Morgan fingerprint density at radius 2 is 1.51 bits per heavy atom. The van der Waals surface area contributed by atoms with E-state index in [0.717, 1.165) is 32.7 Å². The summed E-state index contributed by atoms with van der Waals surface area (Å²) < 4.78 is 11.3. The van der Waals surface area contributed by atoms with Crippen molar-refractivity contribution in [2.75, 3.05) is 13.6 Å². The predicted molar refractivity (Wildman–Crippen MR) is 197 cm³/mol. The van der Waals surface area contributed by atoms with Crippen LogP contribution >= 0.6 is 0 Å². The van der Waals surface area contributed by atoms with E-state index in [1.54, 1.807) is 23.8 Å². The van der Waals surface area contributed by atoms with Crippen molar-refractivity contribution < 1.29 is 23.6 Å². The molecule has 0 aliphatic carbocycles. The summed E-state index contributed by atoms with van der Waals surface area (Å²) in [6, 6.07) is 26.9. The first kappa shape index (κ1) is 35.6. The highest BCUT2D eigenvalue weighted by Gasteiger charge is 2.37. The van der Waals surface area contributed by atoms with Gasteiger partial charge in [0.2, 0.25) is 17.7 Å². The van der Waals surface area contributed by atoms with E-state index in [1.165, 1.54) is 0 Å². The molecule has 266 valence electrons. The van der Waals surface area contributed by atoms with Crippen molar-refractivity contribution in [3.8, 4) is 0 Å². The van der Waals surface area contributed by atoms with Crippen LogP contribution in [-0.4, -0.2) is 69.1 Å². The number of hydrogen-bond acceptors (Lipinski definition) is 7. The zero-order valence-corrected chi connectivity index (χ0v) is 30.3. The number of nitrogens with one attached hydrogen (secondary N) is 1. The minimum Gasteiger partial charge on any atom is -0.444 e. The number of nitrogens with zero attached hydrogens (tertiary/aromatic N) is 4. The molecule has 0 saturated carbocycles. The largest absolute Gasteiger partial charge is 0.444 e. The number of piperidine rings is 1. The van der Waals surface area contributed by atoms with Crippen LogP contribution in [0.15, 0.2) is 89.5 Å². The number of ether oxygens (including phenoxy) is 1. The Morgan fingerprint density at radius 3 is 2.06 bits per heavy atom. The van der Waals surface area contributed by atoms with E-state index in [0.29, 0.717) is 37.5 Å². The van der Waals surface area contributed by atoms with Crippen molar-refractivity contribution >= 4 is 39.5 Å². The van der Waals surface area contributed by atoms with Crippen molar-refractivity contribution in [3.63, 3.8) is 0 Å². The zero-order chi connectivity index (χ0) is 36.3. The van der Waals surface area contributed by atoms with Crippen LogP contribution in [0.2, 0.25) is 0 Å². The Labute approximate surface area is 299 Å². The fourth-order valence-electron chi connectivity index (χ4n) is 6.92. The predicted octanol–water partition coefficient (Wildman–Crippen LogP) is 7.19. The summed E-state index contributed by atoms with van der Waals surface area (Å²) in [4.78, 5) is 49.3. The third-order valence-electron chi connectivity index (χ3n) is 9.63. The highest BCUT2D eigenvalue weighted by atomic mass is 16.6. The molecule has 0 radical (unpaired) electrons. The van der Waals surface area contributed by atoms with Crippen molar-refractivity contribution in [2.24, 2.45) is 5.92 Å². The molecule has 10 nitrogen and oxygen atoms in total. The molecule has 51 heavy (non-hydrogen) atoms. The Bertz CT molecular complexity index is 2030. The summed E-state index contributed by atoms with van der Waals surface area (Å²) in [7, 11) is 1.73. The molecule has 4 atom stereocenters. The van der Waals surface area contributed by atoms with E-state index >= 15 is 0 Å². The third kappa shape index (κ3) is 8.56. The molecule has 10 heteroatoms. The van der Waals surface area contributed by atoms with E-state index in [9.17, 15) is 14.4 Å². The maximum atomic E-state index is 14.6. The fraction of sp³-hybridized carbons (Fsp3) is 0.390. The van der Waals surface area contributed by atoms with Gasteiger partial charge in [-0.05, 0) is 80.1 Å². The van der Waals surface area contributed by atoms with E-state index in [-0.39, 0.29) is 36.3 Å². The number of carbonyl (C=O) groups is 3. The molecule has 2 heterocycles. The van der Waals surface area contributed by atoms with E-state index in [1.807, 2.05) is 76.2 Å². The van der Waals surface area contributed by atoms with Crippen molar-refractivity contribution in [2.45, 2.75) is 84.0 Å². The normalized spacial score (nSPS) is 17.6. The first-order valence-corrected chi connectivity index (χ1v) is 17.7. The maximum Gasteiger partial charge on any atom is 0.410 e. The number of fused-ring (bicyclic) bond motifs is 2. The molecule has 0 bridgehead atoms. The molecule has 3 amide bonds. The average Bonchev–Trinajstić information content (AvgIpc) is 3.54. The minimum atomic E-state index is -0.869. The van der Waals surface area contributed by atoms with Crippen LogP contribution in [0.25, 0.3) is 21.5 Å². The molecule has 5 aromatic rings. The van der Waals surface area contributed by atoms with Crippen LogP contribution in [0.1, 0.15) is 69.4 Å². The van der Waals surface area contributed by atoms with Gasteiger partial charge < -0.3 is 24.4 Å². The second-order valence-corrected chi connectivity index (χ2v) is 14.7. The maximum absolute atomic E-state index is 14.6. The molecular weight excluding hydrogens is 642 g/mol. The molecule has 6 rings (SSSR count). The quantitative estimate of drug-likeness (QED) is 0.174. The van der Waals surface area contributed by atoms with Gasteiger partial charge in [0.15, 0.2) is 5.82 Å². The number of rotatable bonds is 9. The summed E-state index contributed by atoms with van der Waals surface area (Å²) in [5.74, 6) is -0.0453. The lowest BCUT2D eigenvalue weighted by Crippen LogP contribution is -2.53. The Hall–Kier alpha value is -5.25. The molecule has 1 N–H and O–H groups in total. The molecule has 1 saturated heterocycles. The topological polar surface area (TPSA) is 118 Å². The number of amides is 3. The van der Waals surface area contributed by atoms with E-state index < -0.39 is 17.7 Å². The number of aromatic nitrogens is 2. The highest BCUT2D eigenvalue weighted by Crippen LogP contribution is 2.28. The number of hydrogen-bond donors (Lipinski definition) is 1. The monoisotopic (exact) mass is 689 g/mol. The first-order chi connectivity index (χ1) is 24.3. The molecule has 4 unspecified atom stereocenters. The van der Waals surface area contributed by atoms with Crippen LogP contribution < -0.4 is 5.32 Å². The molecular formula is C41H47N5O5. The summed E-state index contributed by atoms with van der Waals surface area (Å²) in [5, 5.41) is 11.5. The second-order valence-electron chi connectivity index (χ2n) is 14.7. The Morgan fingerprint density at radius 1 is 0.922 bits per heavy atom. The Kier molecular flexibility index (Phi) is 10.4. The van der Waals surface area contributed by atoms with Crippen LogP contribution in [0.5, 0.6) is 0 Å². The van der Waals surface area contributed by atoms with Gasteiger partial charge in [-0.1, -0.05) is 90.1 Å². The number of aryl methyl sites for hydroxylation is 1. The van der Waals surface area contributed by atoms with Crippen LogP contribution in [0, 0.1) is 12.8 Å².